The Labute approximate surface area is 195 Å². The quantitative estimate of drug-likeness (QED) is 0.366. The van der Waals surface area contributed by atoms with E-state index in [0.29, 0.717) is 32.0 Å². The fraction of sp³-hybridized carbons (Fsp3) is 0.364. The number of rotatable bonds is 7. The number of hydrogen-bond donors (Lipinski definition) is 2. The van der Waals surface area contributed by atoms with E-state index in [4.69, 9.17) is 4.74 Å². The molecule has 2 aromatic rings. The number of nitrogens with one attached hydrogen (secondary N) is 2. The Morgan fingerprint density at radius 3 is 2.11 bits per heavy atom. The lowest BCUT2D eigenvalue weighted by atomic mass is 9.93. The number of carbonyl (C=O) groups excluding carboxylic acids is 2. The van der Waals surface area contributed by atoms with Crippen LogP contribution in [0.5, 0.6) is 17.2 Å². The van der Waals surface area contributed by atoms with Gasteiger partial charge in [0.25, 0.3) is 0 Å². The molecular weight excluding hydrogens is 486 g/mol. The molecule has 0 unspecified atom stereocenters. The molecular formula is C22H20F6N2O5. The third-order valence-electron chi connectivity index (χ3n) is 4.97. The summed E-state index contributed by atoms with van der Waals surface area (Å²) in [7, 11) is 0. The van der Waals surface area contributed by atoms with Crippen molar-refractivity contribution in [2.75, 3.05) is 5.32 Å². The number of alkyl halides is 6. The molecule has 1 aliphatic carbocycles. The molecule has 0 radical (unpaired) electrons. The number of urea groups is 1. The van der Waals surface area contributed by atoms with E-state index in [1.807, 2.05) is 0 Å². The number of carbonyl (C=O) groups is 2. The molecule has 0 saturated heterocycles. The van der Waals surface area contributed by atoms with Crippen LogP contribution in [0.25, 0.3) is 0 Å². The molecule has 0 aromatic heterocycles. The average Bonchev–Trinajstić information content (AvgIpc) is 2.74. The molecule has 0 heterocycles. The summed E-state index contributed by atoms with van der Waals surface area (Å²) in [5, 5.41) is 5.17. The van der Waals surface area contributed by atoms with Crippen molar-refractivity contribution in [1.29, 1.82) is 0 Å². The van der Waals surface area contributed by atoms with Crippen LogP contribution in [0.4, 0.5) is 36.8 Å². The second kappa shape index (κ2) is 10.7. The van der Waals surface area contributed by atoms with Gasteiger partial charge in [0.1, 0.15) is 17.2 Å². The van der Waals surface area contributed by atoms with Gasteiger partial charge in [0.2, 0.25) is 0 Å². The zero-order valence-electron chi connectivity index (χ0n) is 17.9. The molecule has 1 aliphatic rings. The number of anilines is 1. The smallest absolute Gasteiger partial charge is 0.490 e. The van der Waals surface area contributed by atoms with Crippen molar-refractivity contribution >= 4 is 18.0 Å². The van der Waals surface area contributed by atoms with Crippen molar-refractivity contribution in [1.82, 2.24) is 5.32 Å². The lowest BCUT2D eigenvalue weighted by Crippen LogP contribution is -2.41. The van der Waals surface area contributed by atoms with Gasteiger partial charge < -0.3 is 24.8 Å². The van der Waals surface area contributed by atoms with Gasteiger partial charge in [0.05, 0.1) is 11.7 Å². The summed E-state index contributed by atoms with van der Waals surface area (Å²) in [6, 6.07) is 7.19. The van der Waals surface area contributed by atoms with Crippen LogP contribution in [0.1, 0.15) is 36.0 Å². The Kier molecular flexibility index (Phi) is 7.97. The summed E-state index contributed by atoms with van der Waals surface area (Å²) >= 11 is 0. The van der Waals surface area contributed by atoms with Gasteiger partial charge in [-0.2, -0.15) is 0 Å². The largest absolute Gasteiger partial charge is 0.573 e. The van der Waals surface area contributed by atoms with Crippen LogP contribution < -0.4 is 24.8 Å². The molecule has 13 heteroatoms. The summed E-state index contributed by atoms with van der Waals surface area (Å²) < 4.78 is 87.4. The number of amides is 2. The number of aldehydes is 1. The molecule has 1 saturated carbocycles. The van der Waals surface area contributed by atoms with Gasteiger partial charge in [-0.25, -0.2) is 4.79 Å². The highest BCUT2D eigenvalue weighted by Gasteiger charge is 2.32. The van der Waals surface area contributed by atoms with E-state index >= 15 is 0 Å². The Morgan fingerprint density at radius 1 is 0.886 bits per heavy atom. The minimum absolute atomic E-state index is 0.0943. The van der Waals surface area contributed by atoms with E-state index in [1.54, 1.807) is 0 Å². The van der Waals surface area contributed by atoms with Gasteiger partial charge in [-0.3, -0.25) is 4.79 Å². The highest BCUT2D eigenvalue weighted by molar-refractivity contribution is 5.89. The van der Waals surface area contributed by atoms with Crippen LogP contribution in [-0.2, 0) is 0 Å². The fourth-order valence-corrected chi connectivity index (χ4v) is 3.55. The van der Waals surface area contributed by atoms with Crippen molar-refractivity contribution in [3.05, 3.63) is 48.0 Å². The number of benzene rings is 2. The van der Waals surface area contributed by atoms with Crippen molar-refractivity contribution < 1.29 is 50.1 Å². The first-order chi connectivity index (χ1) is 16.4. The third-order valence-corrected chi connectivity index (χ3v) is 4.97. The monoisotopic (exact) mass is 506 g/mol. The van der Waals surface area contributed by atoms with Crippen LogP contribution in [-0.4, -0.2) is 37.2 Å². The molecule has 2 amide bonds. The molecule has 2 aromatic carbocycles. The van der Waals surface area contributed by atoms with Crippen LogP contribution in [0, 0.1) is 0 Å². The molecule has 0 aliphatic heterocycles. The molecule has 3 rings (SSSR count). The third kappa shape index (κ3) is 8.58. The second-order valence-electron chi connectivity index (χ2n) is 7.63. The van der Waals surface area contributed by atoms with Crippen LogP contribution in [0.15, 0.2) is 42.5 Å². The number of hydrogen-bond acceptors (Lipinski definition) is 5. The SMILES string of the molecule is O=Cc1cc(OC(F)(F)F)ccc1OC1CCC(NC(=O)Nc2cccc(OC(F)(F)F)c2)CC1. The van der Waals surface area contributed by atoms with Crippen molar-refractivity contribution in [3.8, 4) is 17.2 Å². The van der Waals surface area contributed by atoms with Gasteiger partial charge in [-0.1, -0.05) is 6.07 Å². The van der Waals surface area contributed by atoms with E-state index in [9.17, 15) is 35.9 Å². The lowest BCUT2D eigenvalue weighted by molar-refractivity contribution is -0.275. The Morgan fingerprint density at radius 2 is 1.51 bits per heavy atom. The topological polar surface area (TPSA) is 85.9 Å². The molecule has 0 bridgehead atoms. The zero-order valence-corrected chi connectivity index (χ0v) is 17.9. The Balaban J connectivity index is 1.48. The standard InChI is InChI=1S/C22H20F6N2O5/c23-21(24,25)34-17-3-1-2-15(11-17)30-20(32)29-14-4-6-16(7-5-14)33-19-9-8-18(10-13(19)12-31)35-22(26,27)28/h1-3,8-12,14,16H,4-7H2,(H2,29,30,32). The van der Waals surface area contributed by atoms with E-state index in [2.05, 4.69) is 20.1 Å². The Bertz CT molecular complexity index is 1040. The summed E-state index contributed by atoms with van der Waals surface area (Å²) in [6.07, 6.45) is -7.74. The molecule has 2 N–H and O–H groups in total. The summed E-state index contributed by atoms with van der Waals surface area (Å²) in [5.41, 5.74) is 0.0173. The van der Waals surface area contributed by atoms with Gasteiger partial charge in [-0.05, 0) is 56.0 Å². The maximum atomic E-state index is 12.4. The summed E-state index contributed by atoms with van der Waals surface area (Å²) in [4.78, 5) is 23.5. The van der Waals surface area contributed by atoms with E-state index in [0.717, 1.165) is 24.3 Å². The van der Waals surface area contributed by atoms with Gasteiger partial charge in [0.15, 0.2) is 6.29 Å². The normalized spacial score (nSPS) is 18.3. The van der Waals surface area contributed by atoms with Crippen molar-refractivity contribution in [2.24, 2.45) is 0 Å². The second-order valence-corrected chi connectivity index (χ2v) is 7.63. The first-order valence-electron chi connectivity index (χ1n) is 10.3. The summed E-state index contributed by atoms with van der Waals surface area (Å²) in [5.74, 6) is -0.897. The van der Waals surface area contributed by atoms with Crippen molar-refractivity contribution in [3.63, 3.8) is 0 Å². The van der Waals surface area contributed by atoms with Crippen molar-refractivity contribution in [2.45, 2.75) is 50.6 Å². The van der Waals surface area contributed by atoms with Crippen LogP contribution in [0.3, 0.4) is 0 Å². The molecule has 0 spiro atoms. The summed E-state index contributed by atoms with van der Waals surface area (Å²) in [6.45, 7) is 0. The molecule has 35 heavy (non-hydrogen) atoms. The van der Waals surface area contributed by atoms with E-state index in [-0.39, 0.29) is 29.1 Å². The predicted octanol–water partition coefficient (Wildman–Crippen LogP) is 5.81. The highest BCUT2D eigenvalue weighted by atomic mass is 19.4. The zero-order chi connectivity index (χ0) is 25.6. The van der Waals surface area contributed by atoms with E-state index in [1.165, 1.54) is 18.2 Å². The molecule has 7 nitrogen and oxygen atoms in total. The predicted molar refractivity (Wildman–Crippen MR) is 110 cm³/mol. The minimum atomic E-state index is -4.89. The Hall–Kier alpha value is -3.64. The van der Waals surface area contributed by atoms with E-state index < -0.39 is 30.3 Å². The van der Waals surface area contributed by atoms with Crippen LogP contribution >= 0.6 is 0 Å². The average molecular weight is 506 g/mol. The van der Waals surface area contributed by atoms with Gasteiger partial charge in [0, 0.05) is 17.8 Å². The maximum absolute atomic E-state index is 12.4. The maximum Gasteiger partial charge on any atom is 0.573 e. The molecule has 190 valence electrons. The first-order valence-corrected chi connectivity index (χ1v) is 10.3. The van der Waals surface area contributed by atoms with Gasteiger partial charge >= 0.3 is 18.8 Å². The number of halogens is 6. The number of ether oxygens (including phenoxy) is 3. The molecule has 1 fully saturated rings. The van der Waals surface area contributed by atoms with Crippen LogP contribution in [0.2, 0.25) is 0 Å². The highest BCUT2D eigenvalue weighted by Crippen LogP contribution is 2.31. The fourth-order valence-electron chi connectivity index (χ4n) is 3.55. The minimum Gasteiger partial charge on any atom is -0.490 e. The lowest BCUT2D eigenvalue weighted by Gasteiger charge is -2.30. The van der Waals surface area contributed by atoms with Gasteiger partial charge in [-0.15, -0.1) is 26.3 Å². The first kappa shape index (κ1) is 26.0. The molecule has 0 atom stereocenters.